The Hall–Kier alpha value is -3.48. The van der Waals surface area contributed by atoms with Crippen LogP contribution in [0.4, 0.5) is 9.18 Å². The molecule has 1 N–H and O–H groups in total. The zero-order chi connectivity index (χ0) is 20.8. The van der Waals surface area contributed by atoms with Crippen molar-refractivity contribution in [3.63, 3.8) is 0 Å². The molecule has 154 valence electrons. The maximum Gasteiger partial charge on any atom is 0.317 e. The number of urea groups is 1. The summed E-state index contributed by atoms with van der Waals surface area (Å²) in [5.74, 6) is -0.268. The molecule has 0 saturated carbocycles. The molecular weight excluding hydrogens is 383 g/mol. The predicted molar refractivity (Wildman–Crippen MR) is 111 cm³/mol. The van der Waals surface area contributed by atoms with Gasteiger partial charge in [0.15, 0.2) is 0 Å². The van der Waals surface area contributed by atoms with E-state index in [0.717, 1.165) is 29.5 Å². The molecule has 0 atom stereocenters. The number of halogens is 1. The molecular formula is C23H23FN4O2. The summed E-state index contributed by atoms with van der Waals surface area (Å²) in [5, 5.41) is 3.00. The van der Waals surface area contributed by atoms with Gasteiger partial charge in [0.2, 0.25) is 0 Å². The van der Waals surface area contributed by atoms with Gasteiger partial charge in [0.05, 0.1) is 0 Å². The Morgan fingerprint density at radius 1 is 1.03 bits per heavy atom. The number of nitrogens with zero attached hydrogens (tertiary/aromatic N) is 3. The normalized spacial score (nSPS) is 14.4. The van der Waals surface area contributed by atoms with Crippen LogP contribution in [-0.2, 0) is 6.54 Å². The van der Waals surface area contributed by atoms with Gasteiger partial charge in [0, 0.05) is 44.9 Å². The zero-order valence-corrected chi connectivity index (χ0v) is 16.5. The Kier molecular flexibility index (Phi) is 6.17. The van der Waals surface area contributed by atoms with Crippen molar-refractivity contribution in [1.82, 2.24) is 20.2 Å². The Morgan fingerprint density at radius 3 is 2.47 bits per heavy atom. The first-order valence-electron chi connectivity index (χ1n) is 9.99. The minimum atomic E-state index is -0.268. The minimum absolute atomic E-state index is 0.00986. The van der Waals surface area contributed by atoms with Crippen LogP contribution in [-0.4, -0.2) is 40.1 Å². The van der Waals surface area contributed by atoms with E-state index in [1.165, 1.54) is 12.1 Å². The van der Waals surface area contributed by atoms with Gasteiger partial charge in [-0.3, -0.25) is 0 Å². The molecule has 1 saturated heterocycles. The Labute approximate surface area is 174 Å². The van der Waals surface area contributed by atoms with Gasteiger partial charge in [0.1, 0.15) is 11.9 Å². The number of piperidine rings is 1. The van der Waals surface area contributed by atoms with Gasteiger partial charge < -0.3 is 15.0 Å². The average Bonchev–Trinajstić information content (AvgIpc) is 2.79. The lowest BCUT2D eigenvalue weighted by atomic mass is 10.00. The molecule has 0 unspecified atom stereocenters. The third kappa shape index (κ3) is 4.92. The van der Waals surface area contributed by atoms with E-state index in [1.54, 1.807) is 35.5 Å². The van der Waals surface area contributed by atoms with E-state index in [9.17, 15) is 9.18 Å². The molecule has 0 bridgehead atoms. The zero-order valence-electron chi connectivity index (χ0n) is 16.5. The lowest BCUT2D eigenvalue weighted by Gasteiger charge is -2.31. The first-order chi connectivity index (χ1) is 14.7. The summed E-state index contributed by atoms with van der Waals surface area (Å²) in [5.41, 5.74) is 2.88. The molecule has 1 fully saturated rings. The van der Waals surface area contributed by atoms with Crippen LogP contribution in [0.3, 0.4) is 0 Å². The molecule has 0 aliphatic carbocycles. The van der Waals surface area contributed by atoms with Gasteiger partial charge in [-0.15, -0.1) is 0 Å². The van der Waals surface area contributed by atoms with Gasteiger partial charge in [-0.1, -0.05) is 36.4 Å². The maximum atomic E-state index is 13.2. The highest BCUT2D eigenvalue weighted by Gasteiger charge is 2.24. The van der Waals surface area contributed by atoms with E-state index in [-0.39, 0.29) is 18.0 Å². The van der Waals surface area contributed by atoms with E-state index < -0.39 is 0 Å². The molecule has 4 rings (SSSR count). The Balaban J connectivity index is 1.31. The van der Waals surface area contributed by atoms with Crippen molar-refractivity contribution in [3.8, 4) is 17.1 Å². The van der Waals surface area contributed by atoms with Crippen LogP contribution in [0.15, 0.2) is 67.0 Å². The summed E-state index contributed by atoms with van der Waals surface area (Å²) in [6.07, 6.45) is 4.77. The molecule has 0 spiro atoms. The molecule has 1 aliphatic rings. The molecule has 0 radical (unpaired) electrons. The van der Waals surface area contributed by atoms with Gasteiger partial charge >= 0.3 is 12.0 Å². The number of hydrogen-bond donors (Lipinski definition) is 1. The molecule has 1 aromatic heterocycles. The number of hydrogen-bond acceptors (Lipinski definition) is 4. The number of rotatable bonds is 5. The van der Waals surface area contributed by atoms with Crippen molar-refractivity contribution in [2.75, 3.05) is 13.1 Å². The van der Waals surface area contributed by atoms with Gasteiger partial charge in [0.25, 0.3) is 0 Å². The van der Waals surface area contributed by atoms with Gasteiger partial charge in [-0.2, -0.15) is 0 Å². The lowest BCUT2D eigenvalue weighted by Crippen LogP contribution is -2.46. The summed E-state index contributed by atoms with van der Waals surface area (Å²) in [6, 6.07) is 16.2. The van der Waals surface area contributed by atoms with Crippen LogP contribution in [0.2, 0.25) is 0 Å². The highest BCUT2D eigenvalue weighted by molar-refractivity contribution is 5.75. The second-order valence-electron chi connectivity index (χ2n) is 7.16. The first kappa shape index (κ1) is 19.8. The van der Waals surface area contributed by atoms with Crippen molar-refractivity contribution in [3.05, 3.63) is 78.4 Å². The number of benzene rings is 2. The SMILES string of the molecule is O=C(NCc1ccccc1-c1ccc(F)cc1)N1CCC(Oc2ncccn2)CC1. The number of ether oxygens (including phenoxy) is 1. The standard InChI is InChI=1S/C23H23FN4O2/c24-19-8-6-17(7-9-19)21-5-2-1-4-18(21)16-27-23(29)28-14-10-20(11-15-28)30-22-25-12-3-13-26-22/h1-9,12-13,20H,10-11,14-16H2,(H,27,29). The van der Waals surface area contributed by atoms with Gasteiger partial charge in [-0.25, -0.2) is 19.2 Å². The number of nitrogens with one attached hydrogen (secondary N) is 1. The van der Waals surface area contributed by atoms with Crippen molar-refractivity contribution in [2.24, 2.45) is 0 Å². The molecule has 1 aliphatic heterocycles. The average molecular weight is 406 g/mol. The summed E-state index contributed by atoms with van der Waals surface area (Å²) >= 11 is 0. The fourth-order valence-corrected chi connectivity index (χ4v) is 3.54. The van der Waals surface area contributed by atoms with Crippen LogP contribution in [0.25, 0.3) is 11.1 Å². The number of likely N-dealkylation sites (tertiary alicyclic amines) is 1. The van der Waals surface area contributed by atoms with Crippen LogP contribution in [0.1, 0.15) is 18.4 Å². The van der Waals surface area contributed by atoms with Crippen LogP contribution in [0, 0.1) is 5.82 Å². The highest BCUT2D eigenvalue weighted by atomic mass is 19.1. The largest absolute Gasteiger partial charge is 0.460 e. The summed E-state index contributed by atoms with van der Waals surface area (Å²) in [7, 11) is 0. The van der Waals surface area contributed by atoms with E-state index in [0.29, 0.717) is 25.6 Å². The fraction of sp³-hybridized carbons (Fsp3) is 0.261. The second kappa shape index (κ2) is 9.35. The predicted octanol–water partition coefficient (Wildman–Crippen LogP) is 4.04. The molecule has 2 amide bonds. The van der Waals surface area contributed by atoms with Crippen LogP contribution in [0.5, 0.6) is 6.01 Å². The minimum Gasteiger partial charge on any atom is -0.460 e. The highest BCUT2D eigenvalue weighted by Crippen LogP contribution is 2.24. The van der Waals surface area contributed by atoms with E-state index in [2.05, 4.69) is 15.3 Å². The third-order valence-electron chi connectivity index (χ3n) is 5.15. The van der Waals surface area contributed by atoms with E-state index >= 15 is 0 Å². The Morgan fingerprint density at radius 2 is 1.73 bits per heavy atom. The molecule has 30 heavy (non-hydrogen) atoms. The van der Waals surface area contributed by atoms with E-state index in [4.69, 9.17) is 4.74 Å². The Bertz CT molecular complexity index is 974. The summed E-state index contributed by atoms with van der Waals surface area (Å²) < 4.78 is 19.0. The quantitative estimate of drug-likeness (QED) is 0.695. The summed E-state index contributed by atoms with van der Waals surface area (Å²) in [4.78, 5) is 22.6. The molecule has 2 heterocycles. The molecule has 7 heteroatoms. The van der Waals surface area contributed by atoms with E-state index in [1.807, 2.05) is 24.3 Å². The number of carbonyl (C=O) groups is 1. The number of carbonyl (C=O) groups excluding carboxylic acids is 1. The van der Waals surface area contributed by atoms with Crippen molar-refractivity contribution in [2.45, 2.75) is 25.5 Å². The van der Waals surface area contributed by atoms with Crippen molar-refractivity contribution >= 4 is 6.03 Å². The number of aromatic nitrogens is 2. The van der Waals surface area contributed by atoms with Crippen LogP contribution < -0.4 is 10.1 Å². The second-order valence-corrected chi connectivity index (χ2v) is 7.16. The third-order valence-corrected chi connectivity index (χ3v) is 5.15. The molecule has 3 aromatic rings. The smallest absolute Gasteiger partial charge is 0.317 e. The van der Waals surface area contributed by atoms with Crippen molar-refractivity contribution < 1.29 is 13.9 Å². The van der Waals surface area contributed by atoms with Crippen molar-refractivity contribution in [1.29, 1.82) is 0 Å². The molecule has 6 nitrogen and oxygen atoms in total. The number of amides is 2. The molecule has 2 aromatic carbocycles. The summed E-state index contributed by atoms with van der Waals surface area (Å²) in [6.45, 7) is 1.63. The van der Waals surface area contributed by atoms with Gasteiger partial charge in [-0.05, 0) is 34.9 Å². The van der Waals surface area contributed by atoms with Crippen LogP contribution >= 0.6 is 0 Å². The fourth-order valence-electron chi connectivity index (χ4n) is 3.54. The maximum absolute atomic E-state index is 13.2. The monoisotopic (exact) mass is 406 g/mol. The topological polar surface area (TPSA) is 67.4 Å². The lowest BCUT2D eigenvalue weighted by molar-refractivity contribution is 0.103. The first-order valence-corrected chi connectivity index (χ1v) is 9.99.